The molecule has 2 atom stereocenters. The van der Waals surface area contributed by atoms with Gasteiger partial charge in [0.05, 0.1) is 17.7 Å². The first-order valence-corrected chi connectivity index (χ1v) is 11.0. The zero-order valence-corrected chi connectivity index (χ0v) is 19.1. The highest BCUT2D eigenvalue weighted by molar-refractivity contribution is 6.02. The van der Waals surface area contributed by atoms with Gasteiger partial charge >= 0.3 is 0 Å². The van der Waals surface area contributed by atoms with Gasteiger partial charge < -0.3 is 31.7 Å². The summed E-state index contributed by atoms with van der Waals surface area (Å²) in [5.41, 5.74) is 12.3. The van der Waals surface area contributed by atoms with Crippen molar-refractivity contribution in [2.75, 3.05) is 30.5 Å². The number of aromatic nitrogens is 1. The van der Waals surface area contributed by atoms with Crippen LogP contribution in [0.5, 0.6) is 0 Å². The number of primary amides is 2. The Kier molecular flexibility index (Phi) is 8.20. The van der Waals surface area contributed by atoms with E-state index in [-0.39, 0.29) is 18.0 Å². The van der Waals surface area contributed by atoms with Gasteiger partial charge in [-0.15, -0.1) is 0 Å². The molecule has 1 aliphatic carbocycles. The zero-order chi connectivity index (χ0) is 24.7. The molecule has 0 saturated heterocycles. The van der Waals surface area contributed by atoms with Gasteiger partial charge in [-0.2, -0.15) is 0 Å². The van der Waals surface area contributed by atoms with Gasteiger partial charge in [-0.1, -0.05) is 6.58 Å². The van der Waals surface area contributed by atoms with Crippen molar-refractivity contribution in [3.8, 4) is 0 Å². The number of carbonyl (C=O) groups excluding carboxylic acids is 3. The van der Waals surface area contributed by atoms with Crippen LogP contribution in [0, 0.1) is 0 Å². The fourth-order valence-electron chi connectivity index (χ4n) is 4.06. The van der Waals surface area contributed by atoms with E-state index < -0.39 is 11.8 Å². The summed E-state index contributed by atoms with van der Waals surface area (Å²) in [6, 6.07) is 8.17. The van der Waals surface area contributed by atoms with Crippen LogP contribution in [0.15, 0.2) is 49.3 Å². The number of carbonyl (C=O) groups is 3. The molecule has 1 fully saturated rings. The molecule has 0 radical (unpaired) electrons. The van der Waals surface area contributed by atoms with Crippen molar-refractivity contribution in [3.63, 3.8) is 0 Å². The first kappa shape index (κ1) is 24.7. The molecular weight excluding hydrogens is 436 g/mol. The van der Waals surface area contributed by atoms with E-state index in [2.05, 4.69) is 22.2 Å². The van der Waals surface area contributed by atoms with E-state index in [1.54, 1.807) is 43.6 Å². The van der Waals surface area contributed by atoms with Crippen molar-refractivity contribution in [1.82, 2.24) is 10.3 Å². The Morgan fingerprint density at radius 1 is 1.18 bits per heavy atom. The Balaban J connectivity index is 1.65. The number of nitrogens with two attached hydrogens (primary N) is 2. The maximum Gasteiger partial charge on any atom is 0.251 e. The van der Waals surface area contributed by atoms with Gasteiger partial charge in [0.2, 0.25) is 5.91 Å². The number of ether oxygens (including phenoxy) is 1. The van der Waals surface area contributed by atoms with E-state index in [4.69, 9.17) is 16.2 Å². The van der Waals surface area contributed by atoms with E-state index in [1.807, 2.05) is 4.90 Å². The van der Waals surface area contributed by atoms with Crippen molar-refractivity contribution in [2.24, 2.45) is 11.5 Å². The minimum atomic E-state index is -0.576. The quantitative estimate of drug-likeness (QED) is 0.367. The first-order valence-electron chi connectivity index (χ1n) is 11.0. The summed E-state index contributed by atoms with van der Waals surface area (Å²) < 4.78 is 5.02. The third kappa shape index (κ3) is 5.90. The van der Waals surface area contributed by atoms with Crippen molar-refractivity contribution < 1.29 is 19.1 Å². The average molecular weight is 467 g/mol. The van der Waals surface area contributed by atoms with Gasteiger partial charge in [-0.05, 0) is 55.8 Å². The van der Waals surface area contributed by atoms with Crippen LogP contribution in [-0.2, 0) is 4.74 Å². The fourth-order valence-corrected chi connectivity index (χ4v) is 4.06. The van der Waals surface area contributed by atoms with Crippen LogP contribution in [0.4, 0.5) is 11.5 Å². The maximum atomic E-state index is 12.9. The molecule has 0 aliphatic heterocycles. The summed E-state index contributed by atoms with van der Waals surface area (Å²) in [7, 11) is 1.58. The molecule has 10 heteroatoms. The zero-order valence-electron chi connectivity index (χ0n) is 19.1. The molecule has 1 aromatic carbocycles. The highest BCUT2D eigenvalue weighted by Gasteiger charge is 2.30. The second kappa shape index (κ2) is 11.3. The SMILES string of the molecule is C=CN(c1ccc(C(N)=O)cn1)C1CCC(NC(=O)c2ccc(C(N)=O)c(NCCOC)c2)C1. The van der Waals surface area contributed by atoms with Crippen LogP contribution in [0.25, 0.3) is 0 Å². The third-order valence-electron chi connectivity index (χ3n) is 5.80. The molecule has 3 amide bonds. The lowest BCUT2D eigenvalue weighted by molar-refractivity contribution is 0.0935. The molecule has 10 nitrogen and oxygen atoms in total. The number of hydrogen-bond donors (Lipinski definition) is 4. The van der Waals surface area contributed by atoms with E-state index in [9.17, 15) is 14.4 Å². The molecule has 34 heavy (non-hydrogen) atoms. The van der Waals surface area contributed by atoms with E-state index in [0.29, 0.717) is 47.8 Å². The Bertz CT molecular complexity index is 1060. The standard InChI is InChI=1S/C24H30N6O4/c1-3-30(21-9-5-16(14-28-21)22(25)31)18-7-6-17(13-18)29-24(33)15-4-8-19(23(26)32)20(12-15)27-10-11-34-2/h3-5,8-9,12,14,17-18,27H,1,6-7,10-11,13H2,2H3,(H2,25,31)(H2,26,32)(H,29,33). The Morgan fingerprint density at radius 2 is 1.94 bits per heavy atom. The Labute approximate surface area is 198 Å². The normalized spacial score (nSPS) is 17.1. The summed E-state index contributed by atoms with van der Waals surface area (Å²) in [6.45, 7) is 4.80. The lowest BCUT2D eigenvalue weighted by Crippen LogP contribution is -2.36. The number of benzene rings is 1. The topological polar surface area (TPSA) is 153 Å². The van der Waals surface area contributed by atoms with Gasteiger partial charge in [-0.25, -0.2) is 4.98 Å². The van der Waals surface area contributed by atoms with Crippen LogP contribution < -0.4 is 27.0 Å². The molecule has 1 aromatic heterocycles. The van der Waals surface area contributed by atoms with Gasteiger partial charge in [0.15, 0.2) is 0 Å². The lowest BCUT2D eigenvalue weighted by atomic mass is 10.1. The highest BCUT2D eigenvalue weighted by atomic mass is 16.5. The summed E-state index contributed by atoms with van der Waals surface area (Å²) in [4.78, 5) is 42.2. The summed E-state index contributed by atoms with van der Waals surface area (Å²) in [5, 5.41) is 6.16. The number of pyridine rings is 1. The minimum absolute atomic E-state index is 0.0365. The highest BCUT2D eigenvalue weighted by Crippen LogP contribution is 2.28. The second-order valence-electron chi connectivity index (χ2n) is 8.04. The molecule has 6 N–H and O–H groups in total. The number of nitrogens with one attached hydrogen (secondary N) is 2. The monoisotopic (exact) mass is 466 g/mol. The fraction of sp³-hybridized carbons (Fsp3) is 0.333. The van der Waals surface area contributed by atoms with Crippen LogP contribution in [-0.4, -0.2) is 55.1 Å². The van der Waals surface area contributed by atoms with Crippen molar-refractivity contribution >= 4 is 29.2 Å². The third-order valence-corrected chi connectivity index (χ3v) is 5.80. The molecule has 0 spiro atoms. The number of methoxy groups -OCH3 is 1. The lowest BCUT2D eigenvalue weighted by Gasteiger charge is -2.26. The molecule has 0 bridgehead atoms. The number of hydrogen-bond acceptors (Lipinski definition) is 7. The predicted molar refractivity (Wildman–Crippen MR) is 130 cm³/mol. The average Bonchev–Trinajstić information content (AvgIpc) is 3.27. The maximum absolute atomic E-state index is 12.9. The van der Waals surface area contributed by atoms with Gasteiger partial charge in [-0.3, -0.25) is 14.4 Å². The Hall–Kier alpha value is -3.92. The second-order valence-corrected chi connectivity index (χ2v) is 8.04. The van der Waals surface area contributed by atoms with Crippen LogP contribution in [0.3, 0.4) is 0 Å². The molecule has 3 rings (SSSR count). The molecule has 2 unspecified atom stereocenters. The summed E-state index contributed by atoms with van der Waals surface area (Å²) in [5.74, 6) is -0.683. The first-order chi connectivity index (χ1) is 16.3. The van der Waals surface area contributed by atoms with E-state index in [0.717, 1.165) is 12.8 Å². The molecule has 180 valence electrons. The van der Waals surface area contributed by atoms with Gasteiger partial charge in [0, 0.05) is 43.2 Å². The van der Waals surface area contributed by atoms with Crippen molar-refractivity contribution in [1.29, 1.82) is 0 Å². The van der Waals surface area contributed by atoms with Crippen LogP contribution >= 0.6 is 0 Å². The number of amides is 3. The Morgan fingerprint density at radius 3 is 2.56 bits per heavy atom. The van der Waals surface area contributed by atoms with Crippen LogP contribution in [0.1, 0.15) is 50.3 Å². The number of anilines is 2. The molecule has 1 saturated carbocycles. The van der Waals surface area contributed by atoms with Gasteiger partial charge in [0.25, 0.3) is 11.8 Å². The van der Waals surface area contributed by atoms with Gasteiger partial charge in [0.1, 0.15) is 5.82 Å². The molecule has 2 aromatic rings. The van der Waals surface area contributed by atoms with Crippen molar-refractivity contribution in [2.45, 2.75) is 31.3 Å². The summed E-state index contributed by atoms with van der Waals surface area (Å²) in [6.07, 6.45) is 5.46. The molecule has 1 aliphatic rings. The largest absolute Gasteiger partial charge is 0.383 e. The predicted octanol–water partition coefficient (Wildman–Crippen LogP) is 1.64. The molecule has 1 heterocycles. The van der Waals surface area contributed by atoms with Crippen molar-refractivity contribution in [3.05, 3.63) is 66.0 Å². The van der Waals surface area contributed by atoms with E-state index >= 15 is 0 Å². The van der Waals surface area contributed by atoms with E-state index in [1.165, 1.54) is 6.20 Å². The number of rotatable bonds is 11. The minimum Gasteiger partial charge on any atom is -0.383 e. The van der Waals surface area contributed by atoms with Crippen LogP contribution in [0.2, 0.25) is 0 Å². The molecular formula is C24H30N6O4. The number of nitrogens with zero attached hydrogens (tertiary/aromatic N) is 2. The smallest absolute Gasteiger partial charge is 0.251 e. The summed E-state index contributed by atoms with van der Waals surface area (Å²) >= 11 is 0.